The molecule has 0 aliphatic carbocycles. The van der Waals surface area contributed by atoms with Gasteiger partial charge in [0.05, 0.1) is 24.4 Å². The van der Waals surface area contributed by atoms with Crippen LogP contribution in [0.15, 0.2) is 67.0 Å². The standard InChI is InChI=1S/C20H19ClN2O2/c1-24-17-6-4-5-16(13-17)23-11-12-25-20(23)15-9-10-22(14-15)19-8-3-2-7-18(19)21/h2-10,13-14,20H,11-12H2,1H3/t20-/m1/s1. The average molecular weight is 355 g/mol. The molecule has 0 spiro atoms. The molecule has 1 atom stereocenters. The number of anilines is 1. The molecule has 0 saturated carbocycles. The minimum absolute atomic E-state index is 0.115. The molecule has 1 aliphatic rings. The van der Waals surface area contributed by atoms with E-state index in [0.717, 1.165) is 34.3 Å². The summed E-state index contributed by atoms with van der Waals surface area (Å²) in [4.78, 5) is 2.24. The molecular formula is C20H19ClN2O2. The normalized spacial score (nSPS) is 17.0. The van der Waals surface area contributed by atoms with Gasteiger partial charge in [-0.1, -0.05) is 29.8 Å². The number of hydrogen-bond donors (Lipinski definition) is 0. The molecule has 0 unspecified atom stereocenters. The Morgan fingerprint density at radius 1 is 1.12 bits per heavy atom. The topological polar surface area (TPSA) is 26.6 Å². The molecular weight excluding hydrogens is 336 g/mol. The fourth-order valence-corrected chi connectivity index (χ4v) is 3.40. The lowest BCUT2D eigenvalue weighted by Crippen LogP contribution is -2.22. The molecule has 0 amide bonds. The average Bonchev–Trinajstić information content (AvgIpc) is 3.31. The number of hydrogen-bond acceptors (Lipinski definition) is 3. The Labute approximate surface area is 152 Å². The molecule has 1 fully saturated rings. The van der Waals surface area contributed by atoms with Gasteiger partial charge in [-0.15, -0.1) is 0 Å². The van der Waals surface area contributed by atoms with Crippen molar-refractivity contribution in [3.8, 4) is 11.4 Å². The molecule has 3 aromatic rings. The van der Waals surface area contributed by atoms with Crippen molar-refractivity contribution in [3.05, 3.63) is 77.6 Å². The Morgan fingerprint density at radius 2 is 2.00 bits per heavy atom. The zero-order chi connectivity index (χ0) is 17.2. The van der Waals surface area contributed by atoms with E-state index in [1.54, 1.807) is 7.11 Å². The fraction of sp³-hybridized carbons (Fsp3) is 0.200. The lowest BCUT2D eigenvalue weighted by Gasteiger charge is -2.25. The number of nitrogens with zero attached hydrogens (tertiary/aromatic N) is 2. The summed E-state index contributed by atoms with van der Waals surface area (Å²) < 4.78 is 13.4. The monoisotopic (exact) mass is 354 g/mol. The predicted molar refractivity (Wildman–Crippen MR) is 99.8 cm³/mol. The van der Waals surface area contributed by atoms with E-state index in [0.29, 0.717) is 6.61 Å². The van der Waals surface area contributed by atoms with Crippen LogP contribution in [0, 0.1) is 0 Å². The van der Waals surface area contributed by atoms with Crippen LogP contribution in [0.25, 0.3) is 5.69 Å². The summed E-state index contributed by atoms with van der Waals surface area (Å²) >= 11 is 6.31. The lowest BCUT2D eigenvalue weighted by atomic mass is 10.2. The molecule has 0 bridgehead atoms. The summed E-state index contributed by atoms with van der Waals surface area (Å²) in [7, 11) is 1.68. The van der Waals surface area contributed by atoms with Crippen molar-refractivity contribution in [1.29, 1.82) is 0 Å². The number of rotatable bonds is 4. The Kier molecular flexibility index (Phi) is 4.38. The molecule has 5 heteroatoms. The van der Waals surface area contributed by atoms with Crippen molar-refractivity contribution >= 4 is 17.3 Å². The highest BCUT2D eigenvalue weighted by atomic mass is 35.5. The second kappa shape index (κ2) is 6.82. The molecule has 1 aromatic heterocycles. The number of halogens is 1. The highest BCUT2D eigenvalue weighted by molar-refractivity contribution is 6.32. The van der Waals surface area contributed by atoms with Crippen molar-refractivity contribution in [3.63, 3.8) is 0 Å². The van der Waals surface area contributed by atoms with Crippen LogP contribution in [0.5, 0.6) is 5.75 Å². The first kappa shape index (κ1) is 16.1. The van der Waals surface area contributed by atoms with Crippen LogP contribution in [0.4, 0.5) is 5.69 Å². The van der Waals surface area contributed by atoms with E-state index < -0.39 is 0 Å². The Bertz CT molecular complexity index is 877. The maximum atomic E-state index is 6.31. The highest BCUT2D eigenvalue weighted by Crippen LogP contribution is 2.34. The molecule has 2 aromatic carbocycles. The van der Waals surface area contributed by atoms with Crippen LogP contribution in [-0.4, -0.2) is 24.8 Å². The van der Waals surface area contributed by atoms with Gasteiger partial charge in [0.15, 0.2) is 6.23 Å². The van der Waals surface area contributed by atoms with Gasteiger partial charge in [-0.3, -0.25) is 0 Å². The van der Waals surface area contributed by atoms with Gasteiger partial charge in [-0.05, 0) is 30.3 Å². The van der Waals surface area contributed by atoms with E-state index in [-0.39, 0.29) is 6.23 Å². The van der Waals surface area contributed by atoms with E-state index in [4.69, 9.17) is 21.1 Å². The van der Waals surface area contributed by atoms with Crippen LogP contribution in [0.1, 0.15) is 11.8 Å². The summed E-state index contributed by atoms with van der Waals surface area (Å²) in [6.45, 7) is 1.54. The Hall–Kier alpha value is -2.43. The number of aromatic nitrogens is 1. The minimum atomic E-state index is -0.115. The second-order valence-electron chi connectivity index (χ2n) is 5.92. The summed E-state index contributed by atoms with van der Waals surface area (Å²) in [6.07, 6.45) is 3.97. The summed E-state index contributed by atoms with van der Waals surface area (Å²) in [5, 5.41) is 0.724. The van der Waals surface area contributed by atoms with Gasteiger partial charge >= 0.3 is 0 Å². The van der Waals surface area contributed by atoms with Crippen molar-refractivity contribution in [2.75, 3.05) is 25.2 Å². The van der Waals surface area contributed by atoms with Crippen LogP contribution >= 0.6 is 11.6 Å². The molecule has 4 rings (SSSR count). The maximum absolute atomic E-state index is 6.31. The van der Waals surface area contributed by atoms with Gasteiger partial charge in [0.1, 0.15) is 5.75 Å². The fourth-order valence-electron chi connectivity index (χ4n) is 3.17. The van der Waals surface area contributed by atoms with Crippen molar-refractivity contribution in [1.82, 2.24) is 4.57 Å². The van der Waals surface area contributed by atoms with Crippen LogP contribution in [0.2, 0.25) is 5.02 Å². The summed E-state index contributed by atoms with van der Waals surface area (Å²) in [6, 6.07) is 17.9. The molecule has 1 aliphatic heterocycles. The third-order valence-electron chi connectivity index (χ3n) is 4.41. The first-order chi connectivity index (χ1) is 12.3. The number of methoxy groups -OCH3 is 1. The van der Waals surface area contributed by atoms with Crippen LogP contribution in [0.3, 0.4) is 0 Å². The maximum Gasteiger partial charge on any atom is 0.158 e. The highest BCUT2D eigenvalue weighted by Gasteiger charge is 2.28. The quantitative estimate of drug-likeness (QED) is 0.681. The van der Waals surface area contributed by atoms with E-state index in [2.05, 4.69) is 23.2 Å². The first-order valence-electron chi connectivity index (χ1n) is 8.21. The first-order valence-corrected chi connectivity index (χ1v) is 8.59. The molecule has 2 heterocycles. The van der Waals surface area contributed by atoms with E-state index in [9.17, 15) is 0 Å². The Balaban J connectivity index is 1.64. The lowest BCUT2D eigenvalue weighted by molar-refractivity contribution is 0.114. The molecule has 1 saturated heterocycles. The largest absolute Gasteiger partial charge is 0.497 e. The van der Waals surface area contributed by atoms with Gasteiger partial charge in [0.2, 0.25) is 0 Å². The van der Waals surface area contributed by atoms with E-state index in [1.165, 1.54) is 0 Å². The van der Waals surface area contributed by atoms with Crippen molar-refractivity contribution in [2.45, 2.75) is 6.23 Å². The molecule has 25 heavy (non-hydrogen) atoms. The third kappa shape index (κ3) is 3.11. The zero-order valence-corrected chi connectivity index (χ0v) is 14.7. The zero-order valence-electron chi connectivity index (χ0n) is 13.9. The van der Waals surface area contributed by atoms with Gasteiger partial charge in [-0.2, -0.15) is 0 Å². The number of ether oxygens (including phenoxy) is 2. The predicted octanol–water partition coefficient (Wildman–Crippen LogP) is 4.67. The molecule has 128 valence electrons. The van der Waals surface area contributed by atoms with Gasteiger partial charge in [0.25, 0.3) is 0 Å². The van der Waals surface area contributed by atoms with Crippen LogP contribution in [-0.2, 0) is 4.74 Å². The second-order valence-corrected chi connectivity index (χ2v) is 6.33. The summed E-state index contributed by atoms with van der Waals surface area (Å²) in [5.41, 5.74) is 3.15. The molecule has 0 radical (unpaired) electrons. The smallest absolute Gasteiger partial charge is 0.158 e. The van der Waals surface area contributed by atoms with Crippen LogP contribution < -0.4 is 9.64 Å². The molecule has 4 nitrogen and oxygen atoms in total. The van der Waals surface area contributed by atoms with E-state index in [1.807, 2.05) is 53.2 Å². The van der Waals surface area contributed by atoms with Gasteiger partial charge < -0.3 is 18.9 Å². The van der Waals surface area contributed by atoms with Crippen molar-refractivity contribution < 1.29 is 9.47 Å². The van der Waals surface area contributed by atoms with Crippen molar-refractivity contribution in [2.24, 2.45) is 0 Å². The third-order valence-corrected chi connectivity index (χ3v) is 4.73. The van der Waals surface area contributed by atoms with E-state index >= 15 is 0 Å². The van der Waals surface area contributed by atoms with Gasteiger partial charge in [0, 0.05) is 36.3 Å². The number of para-hydroxylation sites is 1. The minimum Gasteiger partial charge on any atom is -0.497 e. The SMILES string of the molecule is COc1cccc(N2CCO[C@@H]2c2ccn(-c3ccccc3Cl)c2)c1. The summed E-state index contributed by atoms with van der Waals surface area (Å²) in [5.74, 6) is 0.844. The van der Waals surface area contributed by atoms with Gasteiger partial charge in [-0.25, -0.2) is 0 Å². The Morgan fingerprint density at radius 3 is 2.84 bits per heavy atom. The molecule has 0 N–H and O–H groups in total. The number of benzene rings is 2.